The molecule has 3 nitrogen and oxygen atoms in total. The molecule has 1 amide bonds. The van der Waals surface area contributed by atoms with Crippen molar-refractivity contribution in [3.63, 3.8) is 0 Å². The molecule has 0 saturated carbocycles. The van der Waals surface area contributed by atoms with Crippen LogP contribution in [0.4, 0.5) is 5.69 Å². The van der Waals surface area contributed by atoms with E-state index in [1.807, 2.05) is 29.2 Å². The average molecular weight is 294 g/mol. The van der Waals surface area contributed by atoms with Crippen LogP contribution in [0.3, 0.4) is 0 Å². The third kappa shape index (κ3) is 2.47. The van der Waals surface area contributed by atoms with Gasteiger partial charge in [0.2, 0.25) is 0 Å². The van der Waals surface area contributed by atoms with E-state index in [1.165, 1.54) is 5.56 Å². The van der Waals surface area contributed by atoms with Crippen LogP contribution in [0.25, 0.3) is 0 Å². The minimum absolute atomic E-state index is 0.106. The van der Waals surface area contributed by atoms with Crippen LogP contribution in [0.5, 0.6) is 0 Å². The predicted octanol–water partition coefficient (Wildman–Crippen LogP) is 4.36. The molecule has 2 aromatic carbocycles. The highest BCUT2D eigenvalue weighted by atomic mass is 16.2. The van der Waals surface area contributed by atoms with E-state index in [0.717, 1.165) is 23.2 Å². The monoisotopic (exact) mass is 294 g/mol. The molecule has 0 aliphatic carbocycles. The number of nitrogens with one attached hydrogen (secondary N) is 1. The number of nitrogens with zero attached hydrogens (tertiary/aromatic N) is 1. The Morgan fingerprint density at radius 1 is 1.14 bits per heavy atom. The molecule has 3 rings (SSSR count). The van der Waals surface area contributed by atoms with Gasteiger partial charge in [-0.25, -0.2) is 0 Å². The SMILES string of the molecule is CC[C@@H](C)N1C(=O)c2ccccc2N[C@@H]1c1ccc(C)cc1. The molecule has 0 unspecified atom stereocenters. The van der Waals surface area contributed by atoms with Crippen LogP contribution in [0.15, 0.2) is 48.5 Å². The summed E-state index contributed by atoms with van der Waals surface area (Å²) >= 11 is 0. The number of rotatable bonds is 3. The number of carbonyl (C=O) groups excluding carboxylic acids is 1. The predicted molar refractivity (Wildman–Crippen MR) is 89.9 cm³/mol. The highest BCUT2D eigenvalue weighted by Gasteiger charge is 2.35. The van der Waals surface area contributed by atoms with Crippen molar-refractivity contribution in [2.45, 2.75) is 39.4 Å². The van der Waals surface area contributed by atoms with Crippen molar-refractivity contribution in [3.05, 3.63) is 65.2 Å². The third-order valence-corrected chi connectivity index (χ3v) is 4.42. The molecule has 1 heterocycles. The number of fused-ring (bicyclic) bond motifs is 1. The van der Waals surface area contributed by atoms with E-state index in [9.17, 15) is 4.79 Å². The van der Waals surface area contributed by atoms with Crippen LogP contribution >= 0.6 is 0 Å². The van der Waals surface area contributed by atoms with Crippen LogP contribution < -0.4 is 5.32 Å². The summed E-state index contributed by atoms with van der Waals surface area (Å²) < 4.78 is 0. The maximum absolute atomic E-state index is 13.0. The zero-order valence-corrected chi connectivity index (χ0v) is 13.3. The van der Waals surface area contributed by atoms with Gasteiger partial charge in [0, 0.05) is 11.7 Å². The first-order chi connectivity index (χ1) is 10.6. The van der Waals surface area contributed by atoms with Gasteiger partial charge in [-0.3, -0.25) is 4.79 Å². The number of para-hydroxylation sites is 1. The zero-order valence-electron chi connectivity index (χ0n) is 13.3. The molecule has 0 bridgehead atoms. The first-order valence-corrected chi connectivity index (χ1v) is 7.86. The zero-order chi connectivity index (χ0) is 15.7. The van der Waals surface area contributed by atoms with Crippen molar-refractivity contribution in [2.24, 2.45) is 0 Å². The van der Waals surface area contributed by atoms with Crippen LogP contribution in [0, 0.1) is 6.92 Å². The van der Waals surface area contributed by atoms with E-state index in [1.54, 1.807) is 0 Å². The molecule has 0 saturated heterocycles. The van der Waals surface area contributed by atoms with Gasteiger partial charge in [0.25, 0.3) is 5.91 Å². The minimum Gasteiger partial charge on any atom is -0.361 e. The number of benzene rings is 2. The molecular formula is C19H22N2O. The second kappa shape index (κ2) is 5.84. The van der Waals surface area contributed by atoms with Crippen LogP contribution in [0.1, 0.15) is 47.9 Å². The van der Waals surface area contributed by atoms with Gasteiger partial charge in [-0.2, -0.15) is 0 Å². The van der Waals surface area contributed by atoms with Crippen LogP contribution in [-0.4, -0.2) is 16.8 Å². The second-order valence-corrected chi connectivity index (χ2v) is 5.97. The molecule has 0 spiro atoms. The summed E-state index contributed by atoms with van der Waals surface area (Å²) in [4.78, 5) is 14.9. The molecule has 0 fully saturated rings. The van der Waals surface area contributed by atoms with Crippen molar-refractivity contribution >= 4 is 11.6 Å². The Kier molecular flexibility index (Phi) is 3.88. The van der Waals surface area contributed by atoms with Gasteiger partial charge in [0.15, 0.2) is 0 Å². The molecule has 1 N–H and O–H groups in total. The Bertz CT molecular complexity index is 678. The molecule has 22 heavy (non-hydrogen) atoms. The fourth-order valence-corrected chi connectivity index (χ4v) is 2.91. The smallest absolute Gasteiger partial charge is 0.258 e. The third-order valence-electron chi connectivity index (χ3n) is 4.42. The summed E-state index contributed by atoms with van der Waals surface area (Å²) in [5, 5.41) is 3.53. The molecule has 3 heteroatoms. The van der Waals surface area contributed by atoms with E-state index in [0.29, 0.717) is 0 Å². The molecule has 2 atom stereocenters. The van der Waals surface area contributed by atoms with E-state index in [4.69, 9.17) is 0 Å². The first-order valence-electron chi connectivity index (χ1n) is 7.86. The minimum atomic E-state index is -0.113. The lowest BCUT2D eigenvalue weighted by Crippen LogP contribution is -2.47. The summed E-state index contributed by atoms with van der Waals surface area (Å²) in [6.45, 7) is 6.30. The fraction of sp³-hybridized carbons (Fsp3) is 0.316. The molecule has 1 aliphatic rings. The summed E-state index contributed by atoms with van der Waals surface area (Å²) in [5.74, 6) is 0.106. The first kappa shape index (κ1) is 14.6. The standard InChI is InChI=1S/C19H22N2O/c1-4-14(3)21-18(15-11-9-13(2)10-12-15)20-17-8-6-5-7-16(17)19(21)22/h5-12,14,18,20H,4H2,1-3H3/t14-,18+/m1/s1. The Morgan fingerprint density at radius 2 is 1.82 bits per heavy atom. The lowest BCUT2D eigenvalue weighted by Gasteiger charge is -2.41. The number of carbonyl (C=O) groups is 1. The van der Waals surface area contributed by atoms with E-state index >= 15 is 0 Å². The molecule has 1 aliphatic heterocycles. The van der Waals surface area contributed by atoms with Crippen LogP contribution in [-0.2, 0) is 0 Å². The Balaban J connectivity index is 2.06. The molecule has 2 aromatic rings. The molecular weight excluding hydrogens is 272 g/mol. The van der Waals surface area contributed by atoms with Crippen molar-refractivity contribution in [1.29, 1.82) is 0 Å². The highest BCUT2D eigenvalue weighted by Crippen LogP contribution is 2.34. The maximum atomic E-state index is 13.0. The largest absolute Gasteiger partial charge is 0.361 e. The summed E-state index contributed by atoms with van der Waals surface area (Å²) in [7, 11) is 0. The maximum Gasteiger partial charge on any atom is 0.258 e. The van der Waals surface area contributed by atoms with Crippen LogP contribution in [0.2, 0.25) is 0 Å². The lowest BCUT2D eigenvalue weighted by atomic mass is 10.0. The van der Waals surface area contributed by atoms with Gasteiger partial charge in [-0.05, 0) is 38.0 Å². The number of hydrogen-bond acceptors (Lipinski definition) is 2. The lowest BCUT2D eigenvalue weighted by molar-refractivity contribution is 0.0593. The molecule has 0 aromatic heterocycles. The normalized spacial score (nSPS) is 18.6. The Hall–Kier alpha value is -2.29. The Labute approximate surface area is 132 Å². The van der Waals surface area contributed by atoms with Gasteiger partial charge in [-0.15, -0.1) is 0 Å². The van der Waals surface area contributed by atoms with Gasteiger partial charge in [0.05, 0.1) is 5.56 Å². The molecule has 0 radical (unpaired) electrons. The van der Waals surface area contributed by atoms with Gasteiger partial charge in [0.1, 0.15) is 6.17 Å². The second-order valence-electron chi connectivity index (χ2n) is 5.97. The highest BCUT2D eigenvalue weighted by molar-refractivity contribution is 6.01. The summed E-state index contributed by atoms with van der Waals surface area (Å²) in [6, 6.07) is 16.3. The number of amides is 1. The van der Waals surface area contributed by atoms with Crippen molar-refractivity contribution in [3.8, 4) is 0 Å². The van der Waals surface area contributed by atoms with Gasteiger partial charge >= 0.3 is 0 Å². The van der Waals surface area contributed by atoms with E-state index in [2.05, 4.69) is 50.4 Å². The topological polar surface area (TPSA) is 32.3 Å². The van der Waals surface area contributed by atoms with Crippen molar-refractivity contribution < 1.29 is 4.79 Å². The quantitative estimate of drug-likeness (QED) is 0.912. The van der Waals surface area contributed by atoms with E-state index in [-0.39, 0.29) is 18.1 Å². The number of aryl methyl sites for hydroxylation is 1. The van der Waals surface area contributed by atoms with Crippen molar-refractivity contribution in [1.82, 2.24) is 4.90 Å². The molecule has 114 valence electrons. The van der Waals surface area contributed by atoms with E-state index < -0.39 is 0 Å². The summed E-state index contributed by atoms with van der Waals surface area (Å²) in [5.41, 5.74) is 4.01. The Morgan fingerprint density at radius 3 is 2.50 bits per heavy atom. The number of hydrogen-bond donors (Lipinski definition) is 1. The number of anilines is 1. The van der Waals surface area contributed by atoms with Crippen molar-refractivity contribution in [2.75, 3.05) is 5.32 Å². The van der Waals surface area contributed by atoms with Gasteiger partial charge < -0.3 is 10.2 Å². The van der Waals surface area contributed by atoms with Gasteiger partial charge in [-0.1, -0.05) is 48.9 Å². The summed E-state index contributed by atoms with van der Waals surface area (Å²) in [6.07, 6.45) is 0.816. The fourth-order valence-electron chi connectivity index (χ4n) is 2.91. The average Bonchev–Trinajstić information content (AvgIpc) is 2.55.